The second-order valence-corrected chi connectivity index (χ2v) is 5.52. The van der Waals surface area contributed by atoms with Gasteiger partial charge in [0.05, 0.1) is 22.7 Å². The molecular formula is C16H14FN3O2. The van der Waals surface area contributed by atoms with Gasteiger partial charge < -0.3 is 10.0 Å². The molecule has 3 rings (SSSR count). The molecule has 1 aromatic heterocycles. The lowest BCUT2D eigenvalue weighted by atomic mass is 10.1. The van der Waals surface area contributed by atoms with E-state index < -0.39 is 17.7 Å². The van der Waals surface area contributed by atoms with Crippen molar-refractivity contribution in [3.05, 3.63) is 35.3 Å². The van der Waals surface area contributed by atoms with Crippen LogP contribution in [-0.2, 0) is 4.79 Å². The van der Waals surface area contributed by atoms with Crippen LogP contribution in [0.2, 0.25) is 0 Å². The van der Waals surface area contributed by atoms with Crippen molar-refractivity contribution in [2.24, 2.45) is 5.92 Å². The smallest absolute Gasteiger partial charge is 0.308 e. The maximum Gasteiger partial charge on any atom is 0.308 e. The van der Waals surface area contributed by atoms with Gasteiger partial charge in [-0.3, -0.25) is 9.78 Å². The first-order valence-corrected chi connectivity index (χ1v) is 6.98. The third-order valence-corrected chi connectivity index (χ3v) is 4.07. The number of fused-ring (bicyclic) bond motifs is 1. The summed E-state index contributed by atoms with van der Waals surface area (Å²) in [6.07, 6.45) is 1.98. The van der Waals surface area contributed by atoms with E-state index in [2.05, 4.69) is 11.1 Å². The number of aliphatic carboxylic acids is 1. The first-order valence-electron chi connectivity index (χ1n) is 6.98. The average Bonchev–Trinajstić information content (AvgIpc) is 2.95. The molecule has 1 saturated heterocycles. The van der Waals surface area contributed by atoms with Crippen LogP contribution in [-0.4, -0.2) is 29.1 Å². The summed E-state index contributed by atoms with van der Waals surface area (Å²) >= 11 is 0. The van der Waals surface area contributed by atoms with Crippen LogP contribution in [0, 0.1) is 30.0 Å². The molecule has 5 nitrogen and oxygen atoms in total. The van der Waals surface area contributed by atoms with Crippen LogP contribution in [0.4, 0.5) is 10.1 Å². The van der Waals surface area contributed by atoms with E-state index in [0.29, 0.717) is 47.2 Å². The minimum absolute atomic E-state index is 0.318. The molecule has 1 aliphatic rings. The van der Waals surface area contributed by atoms with E-state index in [1.165, 1.54) is 18.3 Å². The molecule has 0 bridgehead atoms. The molecule has 1 aliphatic heterocycles. The van der Waals surface area contributed by atoms with Crippen molar-refractivity contribution in [1.29, 1.82) is 5.26 Å². The number of benzene rings is 1. The summed E-state index contributed by atoms with van der Waals surface area (Å²) in [7, 11) is 0. The Labute approximate surface area is 126 Å². The van der Waals surface area contributed by atoms with Crippen LogP contribution in [0.1, 0.15) is 17.5 Å². The topological polar surface area (TPSA) is 77.2 Å². The largest absolute Gasteiger partial charge is 0.481 e. The number of nitriles is 1. The van der Waals surface area contributed by atoms with Gasteiger partial charge in [0.2, 0.25) is 0 Å². The first kappa shape index (κ1) is 14.3. The number of hydrogen-bond acceptors (Lipinski definition) is 4. The molecule has 0 radical (unpaired) electrons. The summed E-state index contributed by atoms with van der Waals surface area (Å²) in [5.41, 5.74) is 2.24. The molecule has 0 aliphatic carbocycles. The van der Waals surface area contributed by atoms with Gasteiger partial charge in [0.25, 0.3) is 0 Å². The summed E-state index contributed by atoms with van der Waals surface area (Å²) in [5, 5.41) is 19.0. The Bertz CT molecular complexity index is 813. The van der Waals surface area contributed by atoms with Crippen LogP contribution in [0.3, 0.4) is 0 Å². The number of hydrogen-bond donors (Lipinski definition) is 1. The van der Waals surface area contributed by atoms with Gasteiger partial charge >= 0.3 is 5.97 Å². The fourth-order valence-electron chi connectivity index (χ4n) is 3.01. The monoisotopic (exact) mass is 299 g/mol. The second-order valence-electron chi connectivity index (χ2n) is 5.52. The molecule has 6 heteroatoms. The number of carbonyl (C=O) groups is 1. The van der Waals surface area contributed by atoms with Crippen LogP contribution in [0.15, 0.2) is 18.3 Å². The lowest BCUT2D eigenvalue weighted by Gasteiger charge is -2.21. The highest BCUT2D eigenvalue weighted by atomic mass is 19.1. The van der Waals surface area contributed by atoms with Crippen molar-refractivity contribution in [1.82, 2.24) is 4.98 Å². The van der Waals surface area contributed by atoms with Gasteiger partial charge in [0.1, 0.15) is 11.9 Å². The minimum atomic E-state index is -0.846. The number of carboxylic acid groups (broad SMARTS) is 1. The fraction of sp³-hybridized carbons (Fsp3) is 0.312. The molecule has 1 unspecified atom stereocenters. The minimum Gasteiger partial charge on any atom is -0.481 e. The summed E-state index contributed by atoms with van der Waals surface area (Å²) in [4.78, 5) is 17.2. The second kappa shape index (κ2) is 5.26. The van der Waals surface area contributed by atoms with E-state index in [9.17, 15) is 14.4 Å². The molecule has 0 amide bonds. The molecule has 1 aromatic carbocycles. The Hall–Kier alpha value is -2.68. The third kappa shape index (κ3) is 2.25. The van der Waals surface area contributed by atoms with Crippen molar-refractivity contribution < 1.29 is 14.3 Å². The molecule has 2 aromatic rings. The highest BCUT2D eigenvalue weighted by Gasteiger charge is 2.30. The van der Waals surface area contributed by atoms with Gasteiger partial charge in [0, 0.05) is 24.7 Å². The number of aromatic nitrogens is 1. The zero-order valence-electron chi connectivity index (χ0n) is 12.0. The summed E-state index contributed by atoms with van der Waals surface area (Å²) in [5.74, 6) is -1.71. The normalized spacial score (nSPS) is 17.7. The summed E-state index contributed by atoms with van der Waals surface area (Å²) in [6.45, 7) is 2.61. The molecule has 0 spiro atoms. The number of rotatable bonds is 2. The van der Waals surface area contributed by atoms with E-state index >= 15 is 0 Å². The van der Waals surface area contributed by atoms with E-state index in [1.54, 1.807) is 6.92 Å². The maximum atomic E-state index is 13.8. The zero-order chi connectivity index (χ0) is 15.9. The van der Waals surface area contributed by atoms with Crippen molar-refractivity contribution in [2.75, 3.05) is 18.0 Å². The number of anilines is 1. The lowest BCUT2D eigenvalue weighted by Crippen LogP contribution is -2.23. The standard InChI is InChI=1S/C16H14FN3O2/c1-9-4-12(17)5-13-14(9)19-7-11(6-18)15(13)20-3-2-10(8-20)16(21)22/h4-5,7,10H,2-3,8H2,1H3,(H,21,22). The molecule has 1 N–H and O–H groups in total. The average molecular weight is 299 g/mol. The van der Waals surface area contributed by atoms with Gasteiger partial charge in [-0.05, 0) is 31.0 Å². The van der Waals surface area contributed by atoms with Crippen molar-refractivity contribution in [2.45, 2.75) is 13.3 Å². The number of pyridine rings is 1. The van der Waals surface area contributed by atoms with E-state index in [1.807, 2.05) is 4.90 Å². The number of halogens is 1. The Morgan fingerprint density at radius 2 is 2.32 bits per heavy atom. The number of carboxylic acids is 1. The van der Waals surface area contributed by atoms with E-state index in [4.69, 9.17) is 5.11 Å². The fourth-order valence-corrected chi connectivity index (χ4v) is 3.01. The van der Waals surface area contributed by atoms with E-state index in [-0.39, 0.29) is 0 Å². The Morgan fingerprint density at radius 3 is 2.95 bits per heavy atom. The Morgan fingerprint density at radius 1 is 1.55 bits per heavy atom. The van der Waals surface area contributed by atoms with Crippen LogP contribution in [0.5, 0.6) is 0 Å². The molecule has 1 atom stereocenters. The Balaban J connectivity index is 2.19. The quantitative estimate of drug-likeness (QED) is 0.921. The molecule has 2 heterocycles. The van der Waals surface area contributed by atoms with Crippen LogP contribution in [0.25, 0.3) is 10.9 Å². The third-order valence-electron chi connectivity index (χ3n) is 4.07. The molecular weight excluding hydrogens is 285 g/mol. The van der Waals surface area contributed by atoms with Gasteiger partial charge in [0.15, 0.2) is 0 Å². The van der Waals surface area contributed by atoms with Crippen molar-refractivity contribution in [3.63, 3.8) is 0 Å². The highest BCUT2D eigenvalue weighted by molar-refractivity contribution is 5.96. The van der Waals surface area contributed by atoms with E-state index in [0.717, 1.165) is 0 Å². The summed E-state index contributed by atoms with van der Waals surface area (Å²) in [6, 6.07) is 4.83. The van der Waals surface area contributed by atoms with Gasteiger partial charge in [-0.2, -0.15) is 5.26 Å². The molecule has 0 saturated carbocycles. The maximum absolute atomic E-state index is 13.8. The van der Waals surface area contributed by atoms with Gasteiger partial charge in [-0.1, -0.05) is 0 Å². The highest BCUT2D eigenvalue weighted by Crippen LogP contribution is 2.34. The predicted molar refractivity (Wildman–Crippen MR) is 79.1 cm³/mol. The molecule has 22 heavy (non-hydrogen) atoms. The van der Waals surface area contributed by atoms with Crippen molar-refractivity contribution >= 4 is 22.6 Å². The lowest BCUT2D eigenvalue weighted by molar-refractivity contribution is -0.140. The van der Waals surface area contributed by atoms with Gasteiger partial charge in [-0.15, -0.1) is 0 Å². The first-order chi connectivity index (χ1) is 10.5. The summed E-state index contributed by atoms with van der Waals surface area (Å²) < 4.78 is 13.8. The molecule has 1 fully saturated rings. The zero-order valence-corrected chi connectivity index (χ0v) is 12.0. The SMILES string of the molecule is Cc1cc(F)cc2c(N3CCC(C(=O)O)C3)c(C#N)cnc12. The number of aryl methyl sites for hydroxylation is 1. The van der Waals surface area contributed by atoms with Crippen LogP contribution < -0.4 is 4.90 Å². The van der Waals surface area contributed by atoms with Gasteiger partial charge in [-0.25, -0.2) is 4.39 Å². The van der Waals surface area contributed by atoms with Crippen molar-refractivity contribution in [3.8, 4) is 6.07 Å². The van der Waals surface area contributed by atoms with Crippen LogP contribution >= 0.6 is 0 Å². The predicted octanol–water partition coefficient (Wildman–Crippen LogP) is 2.46. The Kier molecular flexibility index (Phi) is 3.41. The number of nitrogens with zero attached hydrogens (tertiary/aromatic N) is 3. The molecule has 112 valence electrons.